The molecule has 0 radical (unpaired) electrons. The van der Waals surface area contributed by atoms with Gasteiger partial charge in [0.25, 0.3) is 5.91 Å². The fourth-order valence-electron chi connectivity index (χ4n) is 2.77. The molecule has 0 aromatic rings. The van der Waals surface area contributed by atoms with Crippen molar-refractivity contribution in [3.05, 3.63) is 23.8 Å². The molecule has 0 aromatic heterocycles. The summed E-state index contributed by atoms with van der Waals surface area (Å²) in [6, 6.07) is 0. The summed E-state index contributed by atoms with van der Waals surface area (Å²) in [7, 11) is 0. The highest BCUT2D eigenvalue weighted by Crippen LogP contribution is 2.09. The van der Waals surface area contributed by atoms with Crippen molar-refractivity contribution < 1.29 is 14.4 Å². The van der Waals surface area contributed by atoms with Crippen molar-refractivity contribution in [3.63, 3.8) is 0 Å². The first kappa shape index (κ1) is 17.4. The summed E-state index contributed by atoms with van der Waals surface area (Å²) in [4.78, 5) is 38.1. The zero-order chi connectivity index (χ0) is 16.5. The number of allylic oxidation sites excluding steroid dienone is 2. The van der Waals surface area contributed by atoms with E-state index in [9.17, 15) is 14.4 Å². The van der Waals surface area contributed by atoms with Gasteiger partial charge in [-0.15, -0.1) is 0 Å². The van der Waals surface area contributed by atoms with Gasteiger partial charge in [-0.05, 0) is 12.8 Å². The molecule has 1 heterocycles. The molecule has 0 unspecified atom stereocenters. The Hall–Kier alpha value is -1.95. The maximum Gasteiger partial charge on any atom is 0.250 e. The Morgan fingerprint density at radius 3 is 2.61 bits per heavy atom. The Bertz CT molecular complexity index is 491. The average Bonchev–Trinajstić information content (AvgIpc) is 2.61. The molecule has 1 aliphatic heterocycles. The van der Waals surface area contributed by atoms with Crippen LogP contribution in [-0.4, -0.2) is 67.2 Å². The quantitative estimate of drug-likeness (QED) is 0.694. The van der Waals surface area contributed by atoms with Gasteiger partial charge >= 0.3 is 0 Å². The summed E-state index contributed by atoms with van der Waals surface area (Å²) in [5, 5.41) is 2.94. The Morgan fingerprint density at radius 1 is 1.17 bits per heavy atom. The molecule has 6 heteroatoms. The number of hydrogen-bond donors (Lipinski definition) is 1. The minimum absolute atomic E-state index is 0.0105. The Morgan fingerprint density at radius 2 is 1.96 bits per heavy atom. The van der Waals surface area contributed by atoms with E-state index in [1.54, 1.807) is 0 Å². The van der Waals surface area contributed by atoms with E-state index in [-0.39, 0.29) is 11.8 Å². The summed E-state index contributed by atoms with van der Waals surface area (Å²) < 4.78 is 0. The van der Waals surface area contributed by atoms with Crippen LogP contribution < -0.4 is 5.32 Å². The van der Waals surface area contributed by atoms with Gasteiger partial charge in [-0.2, -0.15) is 0 Å². The van der Waals surface area contributed by atoms with Crippen molar-refractivity contribution in [3.8, 4) is 0 Å². The lowest BCUT2D eigenvalue weighted by molar-refractivity contribution is -0.133. The zero-order valence-corrected chi connectivity index (χ0v) is 13.5. The molecule has 0 saturated carbocycles. The smallest absolute Gasteiger partial charge is 0.250 e. The minimum Gasteiger partial charge on any atom is -0.351 e. The van der Waals surface area contributed by atoms with Gasteiger partial charge in [0.15, 0.2) is 0 Å². The molecule has 6 nitrogen and oxygen atoms in total. The topological polar surface area (TPSA) is 69.7 Å². The number of nitrogens with one attached hydrogen (secondary N) is 1. The number of piperazine rings is 1. The van der Waals surface area contributed by atoms with Gasteiger partial charge < -0.3 is 15.0 Å². The summed E-state index contributed by atoms with van der Waals surface area (Å²) in [6.45, 7) is 4.41. The van der Waals surface area contributed by atoms with E-state index < -0.39 is 0 Å². The van der Waals surface area contributed by atoms with E-state index in [2.05, 4.69) is 10.2 Å². The molecule has 2 rings (SSSR count). The van der Waals surface area contributed by atoms with Crippen molar-refractivity contribution in [1.82, 2.24) is 15.1 Å². The standard InChI is InChI=1S/C17H25N3O3/c21-14-4-7-16(22)20-12-10-19(11-13-20)9-8-18-17(23)15-5-2-1-3-6-15/h2,5-6,14H,1,3-4,7-13H2,(H,18,23). The predicted molar refractivity (Wildman–Crippen MR) is 87.8 cm³/mol. The molecule has 0 aromatic carbocycles. The summed E-state index contributed by atoms with van der Waals surface area (Å²) >= 11 is 0. The monoisotopic (exact) mass is 319 g/mol. The summed E-state index contributed by atoms with van der Waals surface area (Å²) in [5.41, 5.74) is 0.752. The van der Waals surface area contributed by atoms with Gasteiger partial charge in [0.2, 0.25) is 5.91 Å². The van der Waals surface area contributed by atoms with Crippen molar-refractivity contribution in [2.45, 2.75) is 25.7 Å². The third-order valence-corrected chi connectivity index (χ3v) is 4.17. The molecule has 1 fully saturated rings. The van der Waals surface area contributed by atoms with Crippen molar-refractivity contribution in [2.24, 2.45) is 0 Å². The van der Waals surface area contributed by atoms with Crippen LogP contribution in [0, 0.1) is 0 Å². The van der Waals surface area contributed by atoms with E-state index >= 15 is 0 Å². The highest BCUT2D eigenvalue weighted by molar-refractivity contribution is 5.96. The fourth-order valence-corrected chi connectivity index (χ4v) is 2.77. The van der Waals surface area contributed by atoms with Crippen molar-refractivity contribution >= 4 is 18.1 Å². The van der Waals surface area contributed by atoms with Gasteiger partial charge in [0, 0.05) is 57.7 Å². The molecule has 1 N–H and O–H groups in total. The molecular formula is C17H25N3O3. The van der Waals surface area contributed by atoms with Gasteiger partial charge in [-0.1, -0.05) is 18.2 Å². The molecule has 1 aliphatic carbocycles. The largest absolute Gasteiger partial charge is 0.351 e. The third-order valence-electron chi connectivity index (χ3n) is 4.17. The Balaban J connectivity index is 1.62. The van der Waals surface area contributed by atoms with Gasteiger partial charge in [-0.3, -0.25) is 14.5 Å². The van der Waals surface area contributed by atoms with Crippen LogP contribution in [0.15, 0.2) is 23.8 Å². The molecule has 126 valence electrons. The first-order valence-corrected chi connectivity index (χ1v) is 8.29. The highest BCUT2D eigenvalue weighted by atomic mass is 16.2. The molecule has 0 spiro atoms. The SMILES string of the molecule is O=CCCC(=O)N1CCN(CCNC(=O)C2=CCCC=C2)CC1. The molecule has 0 bridgehead atoms. The highest BCUT2D eigenvalue weighted by Gasteiger charge is 2.20. The number of hydrogen-bond acceptors (Lipinski definition) is 4. The van der Waals surface area contributed by atoms with Gasteiger partial charge in [0.1, 0.15) is 6.29 Å². The number of aldehydes is 1. The maximum atomic E-state index is 12.0. The fraction of sp³-hybridized carbons (Fsp3) is 0.588. The second-order valence-electron chi connectivity index (χ2n) is 5.82. The van der Waals surface area contributed by atoms with Gasteiger partial charge in [0.05, 0.1) is 0 Å². The lowest BCUT2D eigenvalue weighted by Crippen LogP contribution is -2.50. The maximum absolute atomic E-state index is 12.0. The Kier molecular flexibility index (Phi) is 7.00. The van der Waals surface area contributed by atoms with E-state index in [4.69, 9.17) is 0 Å². The molecule has 0 atom stereocenters. The second-order valence-corrected chi connectivity index (χ2v) is 5.82. The van der Waals surface area contributed by atoms with E-state index in [1.807, 2.05) is 23.1 Å². The van der Waals surface area contributed by atoms with E-state index in [1.165, 1.54) is 0 Å². The lowest BCUT2D eigenvalue weighted by atomic mass is 10.1. The Labute approximate surface area is 137 Å². The number of nitrogens with zero attached hydrogens (tertiary/aromatic N) is 2. The van der Waals surface area contributed by atoms with Crippen LogP contribution in [0.4, 0.5) is 0 Å². The number of amides is 2. The van der Waals surface area contributed by atoms with Crippen LogP contribution in [0.3, 0.4) is 0 Å². The van der Waals surface area contributed by atoms with E-state index in [0.29, 0.717) is 32.5 Å². The normalized spacial score (nSPS) is 18.4. The molecule has 23 heavy (non-hydrogen) atoms. The molecular weight excluding hydrogens is 294 g/mol. The first-order valence-electron chi connectivity index (χ1n) is 8.29. The summed E-state index contributed by atoms with van der Waals surface area (Å²) in [6.07, 6.45) is 9.20. The predicted octanol–water partition coefficient (Wildman–Crippen LogP) is 0.502. The van der Waals surface area contributed by atoms with Crippen LogP contribution in [-0.2, 0) is 14.4 Å². The van der Waals surface area contributed by atoms with Gasteiger partial charge in [-0.25, -0.2) is 0 Å². The zero-order valence-electron chi connectivity index (χ0n) is 13.5. The molecule has 1 saturated heterocycles. The molecule has 2 aliphatic rings. The van der Waals surface area contributed by atoms with E-state index in [0.717, 1.165) is 44.3 Å². The van der Waals surface area contributed by atoms with Crippen LogP contribution in [0.5, 0.6) is 0 Å². The van der Waals surface area contributed by atoms with Crippen LogP contribution >= 0.6 is 0 Å². The van der Waals surface area contributed by atoms with Crippen molar-refractivity contribution in [1.29, 1.82) is 0 Å². The number of rotatable bonds is 7. The third kappa shape index (κ3) is 5.63. The summed E-state index contributed by atoms with van der Waals surface area (Å²) in [5.74, 6) is 0.0460. The molecule has 2 amide bonds. The van der Waals surface area contributed by atoms with Crippen molar-refractivity contribution in [2.75, 3.05) is 39.3 Å². The average molecular weight is 319 g/mol. The number of carbonyl (C=O) groups excluding carboxylic acids is 3. The number of carbonyl (C=O) groups is 3. The minimum atomic E-state index is -0.0105. The van der Waals surface area contributed by atoms with Crippen LogP contribution in [0.1, 0.15) is 25.7 Å². The van der Waals surface area contributed by atoms with Crippen LogP contribution in [0.2, 0.25) is 0 Å². The van der Waals surface area contributed by atoms with Crippen LogP contribution in [0.25, 0.3) is 0 Å². The lowest BCUT2D eigenvalue weighted by Gasteiger charge is -2.34. The second kappa shape index (κ2) is 9.25. The first-order chi connectivity index (χ1) is 11.2.